The first-order chi connectivity index (χ1) is 12.7. The Morgan fingerprint density at radius 3 is 2.81 bits per heavy atom. The number of pyridine rings is 1. The molecule has 26 heavy (non-hydrogen) atoms. The number of benzene rings is 2. The van der Waals surface area contributed by atoms with Crippen LogP contribution >= 0.6 is 0 Å². The zero-order valence-corrected chi connectivity index (χ0v) is 14.3. The molecule has 0 aliphatic carbocycles. The third kappa shape index (κ3) is 2.90. The summed E-state index contributed by atoms with van der Waals surface area (Å²) in [6, 6.07) is 12.8. The SMILES string of the molecule is COc1ccc(CNc2nc3ccc(C(=O)O)cc3c3c2CCO3)cc1. The van der Waals surface area contributed by atoms with E-state index >= 15 is 0 Å². The van der Waals surface area contributed by atoms with Gasteiger partial charge in [0.05, 0.1) is 24.8 Å². The number of aromatic nitrogens is 1. The first-order valence-electron chi connectivity index (χ1n) is 8.35. The van der Waals surface area contributed by atoms with Gasteiger partial charge in [0, 0.05) is 23.9 Å². The van der Waals surface area contributed by atoms with Crippen molar-refractivity contribution in [2.24, 2.45) is 0 Å². The van der Waals surface area contributed by atoms with Crippen molar-refractivity contribution in [3.63, 3.8) is 0 Å². The van der Waals surface area contributed by atoms with Gasteiger partial charge in [0.2, 0.25) is 0 Å². The number of fused-ring (bicyclic) bond motifs is 3. The molecule has 0 amide bonds. The number of anilines is 1. The number of nitrogens with zero attached hydrogens (tertiary/aromatic N) is 1. The number of nitrogens with one attached hydrogen (secondary N) is 1. The van der Waals surface area contributed by atoms with E-state index in [0.717, 1.165) is 40.3 Å². The maximum absolute atomic E-state index is 11.2. The van der Waals surface area contributed by atoms with Gasteiger partial charge in [-0.3, -0.25) is 0 Å². The van der Waals surface area contributed by atoms with E-state index in [2.05, 4.69) is 10.3 Å². The van der Waals surface area contributed by atoms with E-state index in [9.17, 15) is 9.90 Å². The standard InChI is InChI=1S/C20H18N2O4/c1-25-14-5-2-12(3-6-14)11-21-19-15-8-9-26-18(15)16-10-13(20(23)24)4-7-17(16)22-19/h2-7,10H,8-9,11H2,1H3,(H,21,22)(H,23,24). The normalized spacial score (nSPS) is 12.5. The quantitative estimate of drug-likeness (QED) is 0.733. The largest absolute Gasteiger partial charge is 0.497 e. The van der Waals surface area contributed by atoms with Crippen LogP contribution in [-0.4, -0.2) is 29.8 Å². The molecule has 6 heteroatoms. The molecule has 6 nitrogen and oxygen atoms in total. The van der Waals surface area contributed by atoms with Crippen molar-refractivity contribution < 1.29 is 19.4 Å². The molecule has 3 aromatic rings. The fraction of sp³-hybridized carbons (Fsp3) is 0.200. The Labute approximate surface area is 150 Å². The van der Waals surface area contributed by atoms with Gasteiger partial charge in [-0.05, 0) is 35.9 Å². The van der Waals surface area contributed by atoms with Gasteiger partial charge in [0.15, 0.2) is 0 Å². The van der Waals surface area contributed by atoms with Crippen molar-refractivity contribution in [3.8, 4) is 11.5 Å². The molecule has 0 saturated heterocycles. The maximum atomic E-state index is 11.2. The second kappa shape index (κ2) is 6.55. The zero-order chi connectivity index (χ0) is 18.1. The summed E-state index contributed by atoms with van der Waals surface area (Å²) in [5.74, 6) is 1.38. The number of methoxy groups -OCH3 is 1. The van der Waals surface area contributed by atoms with Gasteiger partial charge in [-0.15, -0.1) is 0 Å². The molecule has 0 saturated carbocycles. The first kappa shape index (κ1) is 16.2. The van der Waals surface area contributed by atoms with Crippen molar-refractivity contribution in [2.75, 3.05) is 19.0 Å². The fourth-order valence-corrected chi connectivity index (χ4v) is 3.13. The molecule has 4 rings (SSSR count). The summed E-state index contributed by atoms with van der Waals surface area (Å²) in [6.07, 6.45) is 0.751. The molecule has 0 bridgehead atoms. The van der Waals surface area contributed by atoms with Crippen molar-refractivity contribution >= 4 is 22.7 Å². The third-order valence-electron chi connectivity index (χ3n) is 4.50. The number of carboxylic acids is 1. The second-order valence-electron chi connectivity index (χ2n) is 6.11. The van der Waals surface area contributed by atoms with E-state index in [-0.39, 0.29) is 5.56 Å². The highest BCUT2D eigenvalue weighted by atomic mass is 16.5. The summed E-state index contributed by atoms with van der Waals surface area (Å²) in [6.45, 7) is 1.20. The minimum absolute atomic E-state index is 0.232. The van der Waals surface area contributed by atoms with Gasteiger partial charge < -0.3 is 19.9 Å². The van der Waals surface area contributed by atoms with Crippen molar-refractivity contribution in [2.45, 2.75) is 13.0 Å². The molecule has 0 unspecified atom stereocenters. The van der Waals surface area contributed by atoms with Crippen LogP contribution in [0.25, 0.3) is 10.9 Å². The molecule has 0 fully saturated rings. The van der Waals surface area contributed by atoms with Crippen LogP contribution in [0.4, 0.5) is 5.82 Å². The number of aromatic carboxylic acids is 1. The summed E-state index contributed by atoms with van der Waals surface area (Å²) in [7, 11) is 1.64. The number of hydrogen-bond donors (Lipinski definition) is 2. The van der Waals surface area contributed by atoms with E-state index in [4.69, 9.17) is 9.47 Å². The molecular weight excluding hydrogens is 332 g/mol. The van der Waals surface area contributed by atoms with E-state index in [1.54, 1.807) is 25.3 Å². The molecule has 0 atom stereocenters. The Kier molecular flexibility index (Phi) is 4.08. The summed E-state index contributed by atoms with van der Waals surface area (Å²) < 4.78 is 11.0. The minimum atomic E-state index is -0.958. The monoisotopic (exact) mass is 350 g/mol. The van der Waals surface area contributed by atoms with Crippen LogP contribution in [0.5, 0.6) is 11.5 Å². The topological polar surface area (TPSA) is 80.7 Å². The van der Waals surface area contributed by atoms with Crippen LogP contribution in [0.3, 0.4) is 0 Å². The maximum Gasteiger partial charge on any atom is 0.335 e. The molecule has 0 radical (unpaired) electrons. The Morgan fingerprint density at radius 2 is 2.08 bits per heavy atom. The third-order valence-corrected chi connectivity index (χ3v) is 4.50. The van der Waals surface area contributed by atoms with E-state index in [0.29, 0.717) is 18.7 Å². The lowest BCUT2D eigenvalue weighted by atomic mass is 10.1. The van der Waals surface area contributed by atoms with Crippen LogP contribution in [0.1, 0.15) is 21.5 Å². The van der Waals surface area contributed by atoms with E-state index in [1.807, 2.05) is 24.3 Å². The summed E-state index contributed by atoms with van der Waals surface area (Å²) in [5.41, 5.74) is 3.05. The molecule has 1 aliphatic rings. The molecule has 0 spiro atoms. The lowest BCUT2D eigenvalue weighted by molar-refractivity contribution is 0.0697. The lowest BCUT2D eigenvalue weighted by Crippen LogP contribution is -2.05. The van der Waals surface area contributed by atoms with Gasteiger partial charge in [-0.25, -0.2) is 9.78 Å². The van der Waals surface area contributed by atoms with Crippen molar-refractivity contribution in [1.82, 2.24) is 4.98 Å². The molecule has 132 valence electrons. The van der Waals surface area contributed by atoms with Crippen LogP contribution < -0.4 is 14.8 Å². The Morgan fingerprint density at radius 1 is 1.27 bits per heavy atom. The average molecular weight is 350 g/mol. The highest BCUT2D eigenvalue weighted by Crippen LogP contribution is 2.38. The van der Waals surface area contributed by atoms with Crippen molar-refractivity contribution in [3.05, 3.63) is 59.2 Å². The molecule has 1 aromatic heterocycles. The zero-order valence-electron chi connectivity index (χ0n) is 14.3. The summed E-state index contributed by atoms with van der Waals surface area (Å²) in [4.78, 5) is 15.9. The van der Waals surface area contributed by atoms with Crippen LogP contribution in [0, 0.1) is 0 Å². The Hall–Kier alpha value is -3.28. The fourth-order valence-electron chi connectivity index (χ4n) is 3.13. The number of carbonyl (C=O) groups is 1. The smallest absolute Gasteiger partial charge is 0.335 e. The molecular formula is C20H18N2O4. The van der Waals surface area contributed by atoms with Gasteiger partial charge in [0.25, 0.3) is 0 Å². The minimum Gasteiger partial charge on any atom is -0.497 e. The Bertz CT molecular complexity index is 983. The van der Waals surface area contributed by atoms with Gasteiger partial charge >= 0.3 is 5.97 Å². The predicted molar refractivity (Wildman–Crippen MR) is 98.2 cm³/mol. The number of hydrogen-bond acceptors (Lipinski definition) is 5. The predicted octanol–water partition coefficient (Wildman–Crippen LogP) is 3.49. The van der Waals surface area contributed by atoms with E-state index < -0.39 is 5.97 Å². The lowest BCUT2D eigenvalue weighted by Gasteiger charge is -2.13. The first-order valence-corrected chi connectivity index (χ1v) is 8.35. The van der Waals surface area contributed by atoms with Gasteiger partial charge in [-0.2, -0.15) is 0 Å². The summed E-state index contributed by atoms with van der Waals surface area (Å²) >= 11 is 0. The van der Waals surface area contributed by atoms with Crippen LogP contribution in [-0.2, 0) is 13.0 Å². The molecule has 2 heterocycles. The average Bonchev–Trinajstić information content (AvgIpc) is 3.16. The van der Waals surface area contributed by atoms with Crippen molar-refractivity contribution in [1.29, 1.82) is 0 Å². The van der Waals surface area contributed by atoms with E-state index in [1.165, 1.54) is 0 Å². The highest BCUT2D eigenvalue weighted by Gasteiger charge is 2.22. The number of carboxylic acid groups (broad SMARTS) is 1. The van der Waals surface area contributed by atoms with Gasteiger partial charge in [0.1, 0.15) is 17.3 Å². The summed E-state index contributed by atoms with van der Waals surface area (Å²) in [5, 5.41) is 13.3. The Balaban J connectivity index is 1.67. The second-order valence-corrected chi connectivity index (χ2v) is 6.11. The van der Waals surface area contributed by atoms with Crippen LogP contribution in [0.2, 0.25) is 0 Å². The molecule has 1 aliphatic heterocycles. The highest BCUT2D eigenvalue weighted by molar-refractivity contribution is 5.97. The molecule has 2 N–H and O–H groups in total. The van der Waals surface area contributed by atoms with Crippen LogP contribution in [0.15, 0.2) is 42.5 Å². The molecule has 2 aromatic carbocycles. The van der Waals surface area contributed by atoms with Gasteiger partial charge in [-0.1, -0.05) is 12.1 Å². The number of rotatable bonds is 5. The number of ether oxygens (including phenoxy) is 2.